The predicted octanol–water partition coefficient (Wildman–Crippen LogP) is 1.38. The molecule has 114 valence electrons. The van der Waals surface area contributed by atoms with Crippen molar-refractivity contribution in [2.75, 3.05) is 0 Å². The fourth-order valence-electron chi connectivity index (χ4n) is 2.26. The minimum Gasteiger partial charge on any atom is -0.478 e. The van der Waals surface area contributed by atoms with Gasteiger partial charge in [-0.1, -0.05) is 12.2 Å². The molecule has 1 aliphatic carbocycles. The van der Waals surface area contributed by atoms with E-state index >= 15 is 0 Å². The van der Waals surface area contributed by atoms with Crippen LogP contribution in [0, 0.1) is 0 Å². The van der Waals surface area contributed by atoms with E-state index in [1.165, 1.54) is 13.0 Å². The summed E-state index contributed by atoms with van der Waals surface area (Å²) in [6.45, 7) is 4.73. The molecule has 4 N–H and O–H groups in total. The number of carboxylic acids is 1. The molecule has 0 heterocycles. The van der Waals surface area contributed by atoms with Crippen LogP contribution in [0.5, 0.6) is 0 Å². The molecule has 0 radical (unpaired) electrons. The summed E-state index contributed by atoms with van der Waals surface area (Å²) in [5, 5.41) is 38.9. The zero-order valence-corrected chi connectivity index (χ0v) is 12.3. The standard InChI is InChI=1S/C15H24O5/c1-10(13(17)18)5-4-7-14(2,19)11-6-8-15(3,20)12(16)9-11/h5,9,12,16,19-20H,4,6-8H2,1-3H3,(H,17,18)/b10-5+. The van der Waals surface area contributed by atoms with E-state index in [9.17, 15) is 20.1 Å². The highest BCUT2D eigenvalue weighted by molar-refractivity contribution is 5.85. The number of aliphatic hydroxyl groups excluding tert-OH is 1. The Morgan fingerprint density at radius 2 is 2.20 bits per heavy atom. The summed E-state index contributed by atoms with van der Waals surface area (Å²) in [4.78, 5) is 10.7. The minimum atomic E-state index is -1.15. The first-order valence-corrected chi connectivity index (χ1v) is 6.80. The van der Waals surface area contributed by atoms with Crippen molar-refractivity contribution in [2.24, 2.45) is 0 Å². The molecule has 1 aliphatic rings. The van der Waals surface area contributed by atoms with Crippen LogP contribution in [0.25, 0.3) is 0 Å². The maximum absolute atomic E-state index is 10.7. The van der Waals surface area contributed by atoms with E-state index in [1.807, 2.05) is 0 Å². The molecule has 0 fully saturated rings. The lowest BCUT2D eigenvalue weighted by Crippen LogP contribution is -2.43. The van der Waals surface area contributed by atoms with Crippen LogP contribution in [-0.2, 0) is 4.79 Å². The Morgan fingerprint density at radius 1 is 1.60 bits per heavy atom. The van der Waals surface area contributed by atoms with Crippen molar-refractivity contribution in [3.05, 3.63) is 23.3 Å². The van der Waals surface area contributed by atoms with Gasteiger partial charge in [0.05, 0.1) is 11.2 Å². The van der Waals surface area contributed by atoms with Gasteiger partial charge in [-0.05, 0) is 52.0 Å². The quantitative estimate of drug-likeness (QED) is 0.451. The van der Waals surface area contributed by atoms with Crippen LogP contribution in [0.15, 0.2) is 23.3 Å². The van der Waals surface area contributed by atoms with Crippen molar-refractivity contribution in [2.45, 2.75) is 63.8 Å². The second-order valence-electron chi connectivity index (χ2n) is 6.00. The van der Waals surface area contributed by atoms with E-state index in [0.29, 0.717) is 31.3 Å². The maximum Gasteiger partial charge on any atom is 0.330 e. The van der Waals surface area contributed by atoms with Gasteiger partial charge >= 0.3 is 5.97 Å². The fourth-order valence-corrected chi connectivity index (χ4v) is 2.26. The highest BCUT2D eigenvalue weighted by Gasteiger charge is 2.37. The zero-order valence-electron chi connectivity index (χ0n) is 12.3. The summed E-state index contributed by atoms with van der Waals surface area (Å²) in [5.74, 6) is -0.965. The van der Waals surface area contributed by atoms with Crippen LogP contribution in [0.1, 0.15) is 46.5 Å². The number of aliphatic carboxylic acids is 1. The van der Waals surface area contributed by atoms with Crippen LogP contribution < -0.4 is 0 Å². The molecule has 20 heavy (non-hydrogen) atoms. The second kappa shape index (κ2) is 6.08. The number of rotatable bonds is 5. The maximum atomic E-state index is 10.7. The van der Waals surface area contributed by atoms with Gasteiger partial charge in [0.15, 0.2) is 0 Å². The largest absolute Gasteiger partial charge is 0.478 e. The van der Waals surface area contributed by atoms with Crippen molar-refractivity contribution in [1.29, 1.82) is 0 Å². The topological polar surface area (TPSA) is 98.0 Å². The van der Waals surface area contributed by atoms with Crippen LogP contribution in [0.4, 0.5) is 0 Å². The van der Waals surface area contributed by atoms with Crippen LogP contribution in [-0.4, -0.2) is 43.7 Å². The van der Waals surface area contributed by atoms with E-state index in [4.69, 9.17) is 5.11 Å². The van der Waals surface area contributed by atoms with E-state index in [0.717, 1.165) is 0 Å². The van der Waals surface area contributed by atoms with Gasteiger partial charge < -0.3 is 20.4 Å². The normalized spacial score (nSPS) is 30.6. The number of carboxylic acid groups (broad SMARTS) is 1. The molecule has 5 heteroatoms. The SMILES string of the molecule is C/C(=C\CCC(C)(O)C1=CC(O)C(C)(O)CC1)C(=O)O. The molecule has 1 rings (SSSR count). The van der Waals surface area contributed by atoms with Crippen LogP contribution in [0.2, 0.25) is 0 Å². The molecular formula is C15H24O5. The van der Waals surface area contributed by atoms with Gasteiger partial charge in [-0.25, -0.2) is 4.79 Å². The first-order valence-electron chi connectivity index (χ1n) is 6.80. The molecule has 0 aromatic heterocycles. The van der Waals surface area contributed by atoms with E-state index < -0.39 is 23.3 Å². The molecule has 0 saturated carbocycles. The Labute approximate surface area is 119 Å². The summed E-state index contributed by atoms with van der Waals surface area (Å²) >= 11 is 0. The van der Waals surface area contributed by atoms with Gasteiger partial charge in [0.1, 0.15) is 6.10 Å². The van der Waals surface area contributed by atoms with Crippen LogP contribution in [0.3, 0.4) is 0 Å². The number of carbonyl (C=O) groups is 1. The molecule has 3 atom stereocenters. The first kappa shape index (κ1) is 16.9. The first-order chi connectivity index (χ1) is 9.06. The van der Waals surface area contributed by atoms with E-state index in [2.05, 4.69) is 0 Å². The Bertz CT molecular complexity index is 432. The summed E-state index contributed by atoms with van der Waals surface area (Å²) in [6, 6.07) is 0. The highest BCUT2D eigenvalue weighted by Crippen LogP contribution is 2.35. The van der Waals surface area contributed by atoms with Crippen molar-refractivity contribution in [3.63, 3.8) is 0 Å². The van der Waals surface area contributed by atoms with Gasteiger partial charge in [0.2, 0.25) is 0 Å². The Kier molecular flexibility index (Phi) is 5.13. The molecule has 5 nitrogen and oxygen atoms in total. The van der Waals surface area contributed by atoms with Crippen molar-refractivity contribution < 1.29 is 25.2 Å². The lowest BCUT2D eigenvalue weighted by Gasteiger charge is -2.37. The monoisotopic (exact) mass is 284 g/mol. The van der Waals surface area contributed by atoms with Gasteiger partial charge in [-0.2, -0.15) is 0 Å². The van der Waals surface area contributed by atoms with E-state index in [1.54, 1.807) is 19.9 Å². The summed E-state index contributed by atoms with van der Waals surface area (Å²) < 4.78 is 0. The average molecular weight is 284 g/mol. The van der Waals surface area contributed by atoms with Gasteiger partial charge in [-0.15, -0.1) is 0 Å². The molecule has 0 aliphatic heterocycles. The van der Waals surface area contributed by atoms with Gasteiger partial charge in [0.25, 0.3) is 0 Å². The predicted molar refractivity (Wildman–Crippen MR) is 75.2 cm³/mol. The lowest BCUT2D eigenvalue weighted by atomic mass is 9.77. The third-order valence-electron chi connectivity index (χ3n) is 4.01. The Morgan fingerprint density at radius 3 is 2.70 bits per heavy atom. The second-order valence-corrected chi connectivity index (χ2v) is 6.00. The third-order valence-corrected chi connectivity index (χ3v) is 4.01. The molecule has 0 aromatic carbocycles. The van der Waals surface area contributed by atoms with Crippen LogP contribution >= 0.6 is 0 Å². The summed E-state index contributed by atoms with van der Waals surface area (Å²) in [6.07, 6.45) is 3.81. The Balaban J connectivity index is 2.70. The van der Waals surface area contributed by atoms with Crippen molar-refractivity contribution >= 4 is 5.97 Å². The Hall–Kier alpha value is -1.17. The third kappa shape index (κ3) is 4.16. The van der Waals surface area contributed by atoms with Crippen molar-refractivity contribution in [1.82, 2.24) is 0 Å². The lowest BCUT2D eigenvalue weighted by molar-refractivity contribution is -0.132. The highest BCUT2D eigenvalue weighted by atomic mass is 16.4. The number of hydrogen-bond donors (Lipinski definition) is 4. The number of hydrogen-bond acceptors (Lipinski definition) is 4. The number of aliphatic hydroxyl groups is 3. The summed E-state index contributed by atoms with van der Waals surface area (Å²) in [7, 11) is 0. The average Bonchev–Trinajstić information content (AvgIpc) is 2.32. The molecule has 0 spiro atoms. The number of allylic oxidation sites excluding steroid dienone is 1. The summed E-state index contributed by atoms with van der Waals surface area (Å²) in [5.41, 5.74) is -1.31. The molecule has 0 saturated heterocycles. The molecular weight excluding hydrogens is 260 g/mol. The van der Waals surface area contributed by atoms with Gasteiger partial charge in [-0.3, -0.25) is 0 Å². The molecule has 0 amide bonds. The molecule has 3 unspecified atom stereocenters. The smallest absolute Gasteiger partial charge is 0.330 e. The molecule has 0 bridgehead atoms. The van der Waals surface area contributed by atoms with Crippen molar-refractivity contribution in [3.8, 4) is 0 Å². The molecule has 0 aromatic rings. The fraction of sp³-hybridized carbons (Fsp3) is 0.667. The zero-order chi connectivity index (χ0) is 15.6. The van der Waals surface area contributed by atoms with Gasteiger partial charge in [0, 0.05) is 5.57 Å². The van der Waals surface area contributed by atoms with E-state index in [-0.39, 0.29) is 5.57 Å². The minimum absolute atomic E-state index is 0.251.